The summed E-state index contributed by atoms with van der Waals surface area (Å²) in [6, 6.07) is 6.48. The summed E-state index contributed by atoms with van der Waals surface area (Å²) in [5.41, 5.74) is 5.81. The number of hydrogen-bond donors (Lipinski definition) is 0. The zero-order valence-electron chi connectivity index (χ0n) is 20.0. The van der Waals surface area contributed by atoms with Crippen molar-refractivity contribution < 1.29 is 9.47 Å². The number of rotatable bonds is 9. The first kappa shape index (κ1) is 23.6. The van der Waals surface area contributed by atoms with Crippen LogP contribution in [0.2, 0.25) is 0 Å². The van der Waals surface area contributed by atoms with Crippen LogP contribution in [0.1, 0.15) is 67.8 Å². The van der Waals surface area contributed by atoms with Gasteiger partial charge in [-0.05, 0) is 62.9 Å². The van der Waals surface area contributed by atoms with Crippen LogP contribution < -0.4 is 4.90 Å². The van der Waals surface area contributed by atoms with E-state index >= 15 is 0 Å². The molecular formula is C25H38N4O2. The Bertz CT molecular complexity index is 836. The Morgan fingerprint density at radius 1 is 0.968 bits per heavy atom. The third-order valence-electron chi connectivity index (χ3n) is 6.60. The highest BCUT2D eigenvalue weighted by molar-refractivity contribution is 5.48. The SMILES string of the molecule is COC(C)c1ncc(N2CCN(CCC(C)c3cccnc3C(C)OC)CC2)cc1C. The van der Waals surface area contributed by atoms with Crippen molar-refractivity contribution >= 4 is 5.69 Å². The molecule has 0 bridgehead atoms. The summed E-state index contributed by atoms with van der Waals surface area (Å²) in [6.45, 7) is 13.9. The molecule has 0 aromatic carbocycles. The molecule has 170 valence electrons. The van der Waals surface area contributed by atoms with E-state index < -0.39 is 0 Å². The van der Waals surface area contributed by atoms with E-state index in [0.29, 0.717) is 5.92 Å². The molecule has 0 spiro atoms. The van der Waals surface area contributed by atoms with Gasteiger partial charge >= 0.3 is 0 Å². The molecule has 1 saturated heterocycles. The van der Waals surface area contributed by atoms with Crippen LogP contribution in [0.5, 0.6) is 0 Å². The Hall–Kier alpha value is -2.02. The highest BCUT2D eigenvalue weighted by atomic mass is 16.5. The average Bonchev–Trinajstić information content (AvgIpc) is 2.81. The smallest absolute Gasteiger partial charge is 0.0965 e. The van der Waals surface area contributed by atoms with Crippen LogP contribution in [0.4, 0.5) is 5.69 Å². The van der Waals surface area contributed by atoms with E-state index in [9.17, 15) is 0 Å². The van der Waals surface area contributed by atoms with E-state index in [0.717, 1.165) is 50.5 Å². The van der Waals surface area contributed by atoms with Crippen molar-refractivity contribution in [2.24, 2.45) is 0 Å². The third-order valence-corrected chi connectivity index (χ3v) is 6.60. The number of aryl methyl sites for hydroxylation is 1. The number of nitrogens with zero attached hydrogens (tertiary/aromatic N) is 4. The molecule has 1 fully saturated rings. The maximum atomic E-state index is 5.52. The van der Waals surface area contributed by atoms with E-state index in [4.69, 9.17) is 9.47 Å². The Kier molecular flexibility index (Phi) is 8.41. The number of methoxy groups -OCH3 is 2. The second-order valence-corrected chi connectivity index (χ2v) is 8.65. The molecular weight excluding hydrogens is 388 g/mol. The number of pyridine rings is 2. The molecule has 3 heterocycles. The van der Waals surface area contributed by atoms with Crippen molar-refractivity contribution in [3.05, 3.63) is 53.1 Å². The van der Waals surface area contributed by atoms with Gasteiger partial charge in [0, 0.05) is 46.6 Å². The second-order valence-electron chi connectivity index (χ2n) is 8.65. The van der Waals surface area contributed by atoms with E-state index in [1.165, 1.54) is 16.8 Å². The summed E-state index contributed by atoms with van der Waals surface area (Å²) in [7, 11) is 3.48. The lowest BCUT2D eigenvalue weighted by Gasteiger charge is -2.36. The fourth-order valence-electron chi connectivity index (χ4n) is 4.34. The largest absolute Gasteiger partial charge is 0.375 e. The van der Waals surface area contributed by atoms with Crippen LogP contribution >= 0.6 is 0 Å². The number of ether oxygens (including phenoxy) is 2. The van der Waals surface area contributed by atoms with Gasteiger partial charge in [-0.2, -0.15) is 0 Å². The minimum absolute atomic E-state index is 0.0255. The van der Waals surface area contributed by atoms with Crippen molar-refractivity contribution in [2.75, 3.05) is 51.8 Å². The number of hydrogen-bond acceptors (Lipinski definition) is 6. The molecule has 0 N–H and O–H groups in total. The van der Waals surface area contributed by atoms with Gasteiger partial charge in [0.1, 0.15) is 0 Å². The molecule has 3 rings (SSSR count). The zero-order chi connectivity index (χ0) is 22.4. The van der Waals surface area contributed by atoms with Crippen LogP contribution in [0, 0.1) is 6.92 Å². The van der Waals surface area contributed by atoms with Gasteiger partial charge in [0.15, 0.2) is 0 Å². The number of anilines is 1. The third kappa shape index (κ3) is 5.82. The van der Waals surface area contributed by atoms with Gasteiger partial charge in [-0.15, -0.1) is 0 Å². The first-order chi connectivity index (χ1) is 14.9. The molecule has 3 unspecified atom stereocenters. The predicted octanol–water partition coefficient (Wildman–Crippen LogP) is 4.52. The monoisotopic (exact) mass is 426 g/mol. The molecule has 0 amide bonds. The highest BCUT2D eigenvalue weighted by Gasteiger charge is 2.21. The number of piperazine rings is 1. The lowest BCUT2D eigenvalue weighted by Crippen LogP contribution is -2.46. The van der Waals surface area contributed by atoms with Gasteiger partial charge in [0.2, 0.25) is 0 Å². The Morgan fingerprint density at radius 2 is 1.65 bits per heavy atom. The maximum Gasteiger partial charge on any atom is 0.0965 e. The van der Waals surface area contributed by atoms with Gasteiger partial charge in [-0.25, -0.2) is 0 Å². The topological polar surface area (TPSA) is 50.7 Å². The summed E-state index contributed by atoms with van der Waals surface area (Å²) in [5.74, 6) is 0.460. The summed E-state index contributed by atoms with van der Waals surface area (Å²) in [4.78, 5) is 14.3. The molecule has 2 aromatic rings. The molecule has 0 aliphatic carbocycles. The highest BCUT2D eigenvalue weighted by Crippen LogP contribution is 2.28. The van der Waals surface area contributed by atoms with Crippen LogP contribution in [0.25, 0.3) is 0 Å². The lowest BCUT2D eigenvalue weighted by atomic mass is 9.94. The minimum Gasteiger partial charge on any atom is -0.375 e. The van der Waals surface area contributed by atoms with E-state index in [-0.39, 0.29) is 12.2 Å². The summed E-state index contributed by atoms with van der Waals surface area (Å²) >= 11 is 0. The fraction of sp³-hybridized carbons (Fsp3) is 0.600. The van der Waals surface area contributed by atoms with Gasteiger partial charge in [-0.1, -0.05) is 13.0 Å². The predicted molar refractivity (Wildman–Crippen MR) is 126 cm³/mol. The number of aromatic nitrogens is 2. The molecule has 1 aliphatic heterocycles. The van der Waals surface area contributed by atoms with E-state index in [2.05, 4.69) is 52.7 Å². The minimum atomic E-state index is 0.0255. The van der Waals surface area contributed by atoms with Crippen molar-refractivity contribution in [3.8, 4) is 0 Å². The van der Waals surface area contributed by atoms with Gasteiger partial charge in [0.25, 0.3) is 0 Å². The van der Waals surface area contributed by atoms with E-state index in [1.54, 1.807) is 14.2 Å². The maximum absolute atomic E-state index is 5.52. The zero-order valence-corrected chi connectivity index (χ0v) is 20.0. The van der Waals surface area contributed by atoms with E-state index in [1.807, 2.05) is 25.4 Å². The molecule has 1 aliphatic rings. The molecule has 0 saturated carbocycles. The fourth-order valence-corrected chi connectivity index (χ4v) is 4.34. The Morgan fingerprint density at radius 3 is 2.29 bits per heavy atom. The summed E-state index contributed by atoms with van der Waals surface area (Å²) < 4.78 is 10.9. The van der Waals surface area contributed by atoms with Crippen molar-refractivity contribution in [2.45, 2.75) is 52.2 Å². The van der Waals surface area contributed by atoms with Gasteiger partial charge < -0.3 is 14.4 Å². The molecule has 0 radical (unpaired) electrons. The molecule has 2 aromatic heterocycles. The quantitative estimate of drug-likeness (QED) is 0.588. The Labute approximate surface area is 187 Å². The molecule has 3 atom stereocenters. The lowest BCUT2D eigenvalue weighted by molar-refractivity contribution is 0.114. The normalized spacial score (nSPS) is 18.1. The average molecular weight is 427 g/mol. The van der Waals surface area contributed by atoms with Crippen LogP contribution in [0.3, 0.4) is 0 Å². The van der Waals surface area contributed by atoms with Crippen LogP contribution in [-0.2, 0) is 9.47 Å². The van der Waals surface area contributed by atoms with Crippen molar-refractivity contribution in [1.82, 2.24) is 14.9 Å². The summed E-state index contributed by atoms with van der Waals surface area (Å²) in [6.07, 6.45) is 5.03. The summed E-state index contributed by atoms with van der Waals surface area (Å²) in [5, 5.41) is 0. The van der Waals surface area contributed by atoms with Gasteiger partial charge in [0.05, 0.1) is 35.5 Å². The molecule has 6 nitrogen and oxygen atoms in total. The second kappa shape index (κ2) is 11.0. The standard InChI is InChI=1S/C25H38N4O2/c1-18(23-8-7-10-26-25(23)21(4)31-6)9-11-28-12-14-29(15-13-28)22-16-19(2)24(27-17-22)20(3)30-5/h7-8,10,16-18,20-21H,9,11-15H2,1-6H3. The Balaban J connectivity index is 1.53. The molecule has 6 heteroatoms. The first-order valence-corrected chi connectivity index (χ1v) is 11.4. The van der Waals surface area contributed by atoms with Crippen LogP contribution in [-0.4, -0.2) is 61.8 Å². The van der Waals surface area contributed by atoms with Crippen molar-refractivity contribution in [1.29, 1.82) is 0 Å². The first-order valence-electron chi connectivity index (χ1n) is 11.4. The molecule has 31 heavy (non-hydrogen) atoms. The van der Waals surface area contributed by atoms with Gasteiger partial charge in [-0.3, -0.25) is 14.9 Å². The van der Waals surface area contributed by atoms with Crippen LogP contribution in [0.15, 0.2) is 30.6 Å². The van der Waals surface area contributed by atoms with Crippen molar-refractivity contribution in [3.63, 3.8) is 0 Å².